The van der Waals surface area contributed by atoms with Crippen LogP contribution >= 0.6 is 0 Å². The topological polar surface area (TPSA) is 24.5 Å². The maximum Gasteiger partial charge on any atom is 0.0675 e. The molecule has 0 spiro atoms. The molecule has 112 valence electrons. The molecule has 1 heterocycles. The van der Waals surface area contributed by atoms with Crippen LogP contribution in [0.5, 0.6) is 0 Å². The predicted octanol–water partition coefficient (Wildman–Crippen LogP) is 2.84. The Morgan fingerprint density at radius 1 is 1.30 bits per heavy atom. The van der Waals surface area contributed by atoms with E-state index in [1.54, 1.807) is 0 Å². The van der Waals surface area contributed by atoms with Crippen molar-refractivity contribution in [3.05, 3.63) is 35.9 Å². The van der Waals surface area contributed by atoms with Crippen molar-refractivity contribution >= 4 is 0 Å². The molecule has 0 radical (unpaired) electrons. The molecule has 3 unspecified atom stereocenters. The summed E-state index contributed by atoms with van der Waals surface area (Å²) in [7, 11) is 0. The van der Waals surface area contributed by atoms with Crippen molar-refractivity contribution in [3.8, 4) is 0 Å². The van der Waals surface area contributed by atoms with Crippen LogP contribution in [-0.2, 0) is 4.74 Å². The third-order valence-electron chi connectivity index (χ3n) is 4.01. The van der Waals surface area contributed by atoms with Gasteiger partial charge in [0, 0.05) is 25.2 Å². The SMILES string of the molecule is CCCNCC(c1ccccc1)N1CC(C)OCC1C. The molecule has 1 fully saturated rings. The molecule has 0 saturated carbocycles. The average molecular weight is 276 g/mol. The molecule has 3 heteroatoms. The van der Waals surface area contributed by atoms with Crippen LogP contribution in [0.25, 0.3) is 0 Å². The van der Waals surface area contributed by atoms with Gasteiger partial charge in [0.15, 0.2) is 0 Å². The molecule has 0 bridgehead atoms. The molecule has 1 aliphatic rings. The van der Waals surface area contributed by atoms with Crippen LogP contribution in [0.2, 0.25) is 0 Å². The van der Waals surface area contributed by atoms with Gasteiger partial charge in [-0.2, -0.15) is 0 Å². The number of rotatable bonds is 6. The van der Waals surface area contributed by atoms with E-state index in [1.807, 2.05) is 0 Å². The fourth-order valence-corrected chi connectivity index (χ4v) is 2.88. The number of hydrogen-bond donors (Lipinski definition) is 1. The highest BCUT2D eigenvalue weighted by molar-refractivity contribution is 5.20. The van der Waals surface area contributed by atoms with Crippen LogP contribution in [-0.4, -0.2) is 43.3 Å². The van der Waals surface area contributed by atoms with E-state index in [0.717, 1.165) is 26.2 Å². The van der Waals surface area contributed by atoms with E-state index in [-0.39, 0.29) is 0 Å². The van der Waals surface area contributed by atoms with Crippen molar-refractivity contribution in [1.82, 2.24) is 10.2 Å². The summed E-state index contributed by atoms with van der Waals surface area (Å²) in [5.41, 5.74) is 1.40. The lowest BCUT2D eigenvalue weighted by atomic mass is 10.0. The van der Waals surface area contributed by atoms with E-state index in [1.165, 1.54) is 12.0 Å². The van der Waals surface area contributed by atoms with E-state index < -0.39 is 0 Å². The Bertz CT molecular complexity index is 382. The zero-order valence-corrected chi connectivity index (χ0v) is 13.0. The molecule has 20 heavy (non-hydrogen) atoms. The molecule has 1 aromatic carbocycles. The summed E-state index contributed by atoms with van der Waals surface area (Å²) in [6.07, 6.45) is 1.50. The number of hydrogen-bond acceptors (Lipinski definition) is 3. The van der Waals surface area contributed by atoms with Crippen molar-refractivity contribution in [2.45, 2.75) is 45.4 Å². The van der Waals surface area contributed by atoms with Gasteiger partial charge in [0.25, 0.3) is 0 Å². The highest BCUT2D eigenvalue weighted by Gasteiger charge is 2.30. The molecule has 3 atom stereocenters. The number of ether oxygens (including phenoxy) is 1. The molecule has 1 aromatic rings. The third kappa shape index (κ3) is 4.05. The fraction of sp³-hybridized carbons (Fsp3) is 0.647. The van der Waals surface area contributed by atoms with Crippen LogP contribution in [0.1, 0.15) is 38.8 Å². The highest BCUT2D eigenvalue weighted by Crippen LogP contribution is 2.25. The lowest BCUT2D eigenvalue weighted by molar-refractivity contribution is -0.0664. The Balaban J connectivity index is 2.12. The van der Waals surface area contributed by atoms with E-state index in [2.05, 4.69) is 61.3 Å². The maximum atomic E-state index is 5.77. The minimum Gasteiger partial charge on any atom is -0.376 e. The molecular weight excluding hydrogens is 248 g/mol. The standard InChI is InChI=1S/C17H28N2O/c1-4-10-18-11-17(16-8-6-5-7-9-16)19-12-15(3)20-13-14(19)2/h5-9,14-15,17-18H,4,10-13H2,1-3H3. The Labute approximate surface area is 123 Å². The third-order valence-corrected chi connectivity index (χ3v) is 4.01. The van der Waals surface area contributed by atoms with Gasteiger partial charge in [0.1, 0.15) is 0 Å². The van der Waals surface area contributed by atoms with Crippen molar-refractivity contribution in [1.29, 1.82) is 0 Å². The van der Waals surface area contributed by atoms with Crippen LogP contribution in [0.4, 0.5) is 0 Å². The second kappa shape index (κ2) is 7.77. The average Bonchev–Trinajstić information content (AvgIpc) is 2.48. The Morgan fingerprint density at radius 2 is 2.05 bits per heavy atom. The zero-order valence-electron chi connectivity index (χ0n) is 13.0. The van der Waals surface area contributed by atoms with Gasteiger partial charge in [0.05, 0.1) is 12.7 Å². The van der Waals surface area contributed by atoms with Crippen LogP contribution < -0.4 is 5.32 Å². The lowest BCUT2D eigenvalue weighted by Gasteiger charge is -2.42. The summed E-state index contributed by atoms with van der Waals surface area (Å²) in [6.45, 7) is 10.6. The summed E-state index contributed by atoms with van der Waals surface area (Å²) < 4.78 is 5.77. The van der Waals surface area contributed by atoms with Gasteiger partial charge in [-0.25, -0.2) is 0 Å². The van der Waals surface area contributed by atoms with Crippen LogP contribution in [0, 0.1) is 0 Å². The van der Waals surface area contributed by atoms with Crippen molar-refractivity contribution in [3.63, 3.8) is 0 Å². The van der Waals surface area contributed by atoms with E-state index in [0.29, 0.717) is 18.2 Å². The molecule has 0 aromatic heterocycles. The summed E-state index contributed by atoms with van der Waals surface area (Å²) in [5, 5.41) is 3.58. The van der Waals surface area contributed by atoms with Gasteiger partial charge in [-0.1, -0.05) is 37.3 Å². The Morgan fingerprint density at radius 3 is 2.75 bits per heavy atom. The van der Waals surface area contributed by atoms with Crippen LogP contribution in [0.3, 0.4) is 0 Å². The normalized spacial score (nSPS) is 25.6. The number of nitrogens with one attached hydrogen (secondary N) is 1. The molecule has 1 saturated heterocycles. The summed E-state index contributed by atoms with van der Waals surface area (Å²) in [4.78, 5) is 2.59. The molecule has 0 amide bonds. The number of morpholine rings is 1. The molecule has 1 aliphatic heterocycles. The van der Waals surface area contributed by atoms with E-state index in [9.17, 15) is 0 Å². The Hall–Kier alpha value is -0.900. The molecule has 0 aliphatic carbocycles. The number of nitrogens with zero attached hydrogens (tertiary/aromatic N) is 1. The summed E-state index contributed by atoms with van der Waals surface area (Å²) >= 11 is 0. The van der Waals surface area contributed by atoms with Crippen molar-refractivity contribution in [2.24, 2.45) is 0 Å². The lowest BCUT2D eigenvalue weighted by Crippen LogP contribution is -2.51. The zero-order chi connectivity index (χ0) is 14.4. The van der Waals surface area contributed by atoms with Crippen molar-refractivity contribution in [2.75, 3.05) is 26.2 Å². The smallest absolute Gasteiger partial charge is 0.0675 e. The maximum absolute atomic E-state index is 5.77. The minimum atomic E-state index is 0.323. The first kappa shape index (κ1) is 15.5. The van der Waals surface area contributed by atoms with Crippen LogP contribution in [0.15, 0.2) is 30.3 Å². The van der Waals surface area contributed by atoms with Gasteiger partial charge in [-0.15, -0.1) is 0 Å². The predicted molar refractivity (Wildman–Crippen MR) is 83.9 cm³/mol. The molecular formula is C17H28N2O. The molecule has 3 nitrogen and oxygen atoms in total. The summed E-state index contributed by atoms with van der Waals surface area (Å²) in [6, 6.07) is 11.7. The fourth-order valence-electron chi connectivity index (χ4n) is 2.88. The highest BCUT2D eigenvalue weighted by atomic mass is 16.5. The molecule has 2 rings (SSSR count). The van der Waals surface area contributed by atoms with Gasteiger partial charge >= 0.3 is 0 Å². The number of benzene rings is 1. The van der Waals surface area contributed by atoms with E-state index in [4.69, 9.17) is 4.74 Å². The minimum absolute atomic E-state index is 0.323. The van der Waals surface area contributed by atoms with Gasteiger partial charge in [-0.05, 0) is 32.4 Å². The largest absolute Gasteiger partial charge is 0.376 e. The summed E-state index contributed by atoms with van der Waals surface area (Å²) in [5.74, 6) is 0. The Kier molecular flexibility index (Phi) is 6.02. The van der Waals surface area contributed by atoms with E-state index >= 15 is 0 Å². The monoisotopic (exact) mass is 276 g/mol. The quantitative estimate of drug-likeness (QED) is 0.809. The van der Waals surface area contributed by atoms with Crippen molar-refractivity contribution < 1.29 is 4.74 Å². The first-order valence-corrected chi connectivity index (χ1v) is 7.85. The first-order chi connectivity index (χ1) is 9.72. The molecule has 1 N–H and O–H groups in total. The second-order valence-electron chi connectivity index (χ2n) is 5.82. The van der Waals surface area contributed by atoms with Gasteiger partial charge < -0.3 is 10.1 Å². The van der Waals surface area contributed by atoms with Gasteiger partial charge in [-0.3, -0.25) is 4.90 Å². The van der Waals surface area contributed by atoms with Gasteiger partial charge in [0.2, 0.25) is 0 Å². The second-order valence-corrected chi connectivity index (χ2v) is 5.82. The first-order valence-electron chi connectivity index (χ1n) is 7.85.